The van der Waals surface area contributed by atoms with Gasteiger partial charge in [-0.05, 0) is 18.8 Å². The lowest BCUT2D eigenvalue weighted by atomic mass is 9.98. The summed E-state index contributed by atoms with van der Waals surface area (Å²) in [7, 11) is 0. The fraction of sp³-hybridized carbons (Fsp3) is 0.700. The molecule has 0 saturated heterocycles. The number of hydrogen-bond donors (Lipinski definition) is 1. The number of nitrogens with zero attached hydrogens (tertiary/aromatic N) is 2. The Labute approximate surface area is 79.0 Å². The van der Waals surface area contributed by atoms with Gasteiger partial charge in [0, 0.05) is 13.0 Å². The minimum atomic E-state index is 0.753. The van der Waals surface area contributed by atoms with E-state index >= 15 is 0 Å². The van der Waals surface area contributed by atoms with Crippen LogP contribution in [0.3, 0.4) is 0 Å². The molecule has 1 unspecified atom stereocenters. The van der Waals surface area contributed by atoms with Crippen molar-refractivity contribution in [3.8, 4) is 0 Å². The minimum Gasteiger partial charge on any atom is -0.382 e. The van der Waals surface area contributed by atoms with Crippen LogP contribution < -0.4 is 5.73 Å². The van der Waals surface area contributed by atoms with Gasteiger partial charge >= 0.3 is 0 Å². The monoisotopic (exact) mass is 179 g/mol. The first kappa shape index (κ1) is 8.60. The lowest BCUT2D eigenvalue weighted by Gasteiger charge is -2.21. The molecule has 1 aliphatic rings. The van der Waals surface area contributed by atoms with E-state index in [-0.39, 0.29) is 0 Å². The van der Waals surface area contributed by atoms with Crippen molar-refractivity contribution < 1.29 is 0 Å². The second kappa shape index (κ2) is 3.05. The van der Waals surface area contributed by atoms with Crippen molar-refractivity contribution in [2.24, 2.45) is 5.92 Å². The fourth-order valence-corrected chi connectivity index (χ4v) is 2.09. The fourth-order valence-electron chi connectivity index (χ4n) is 2.09. The van der Waals surface area contributed by atoms with Crippen LogP contribution in [-0.2, 0) is 19.4 Å². The number of anilines is 1. The maximum absolute atomic E-state index is 5.87. The minimum absolute atomic E-state index is 0.753. The highest BCUT2D eigenvalue weighted by Gasteiger charge is 2.20. The first-order chi connectivity index (χ1) is 6.22. The molecule has 1 atom stereocenters. The molecule has 2 rings (SSSR count). The molecular weight excluding hydrogens is 162 g/mol. The quantitative estimate of drug-likeness (QED) is 0.711. The molecule has 0 aliphatic carbocycles. The average Bonchev–Trinajstić information content (AvgIpc) is 2.43. The SMILES string of the molecule is CCc1nc(N)c2n1CCC(C)C2. The molecule has 72 valence electrons. The highest BCUT2D eigenvalue weighted by molar-refractivity contribution is 5.38. The van der Waals surface area contributed by atoms with Crippen LogP contribution in [-0.4, -0.2) is 9.55 Å². The molecule has 0 bridgehead atoms. The number of hydrogen-bond acceptors (Lipinski definition) is 2. The standard InChI is InChI=1S/C10H17N3/c1-3-9-12-10(11)8-6-7(2)4-5-13(8)9/h7H,3-6,11H2,1-2H3. The van der Waals surface area contributed by atoms with Gasteiger partial charge in [-0.2, -0.15) is 0 Å². The van der Waals surface area contributed by atoms with Gasteiger partial charge in [0.25, 0.3) is 0 Å². The molecule has 2 N–H and O–H groups in total. The van der Waals surface area contributed by atoms with Crippen LogP contribution in [0.2, 0.25) is 0 Å². The maximum atomic E-state index is 5.87. The predicted octanol–water partition coefficient (Wildman–Crippen LogP) is 1.61. The summed E-state index contributed by atoms with van der Waals surface area (Å²) in [5.74, 6) is 2.67. The third-order valence-electron chi connectivity index (χ3n) is 2.89. The van der Waals surface area contributed by atoms with Crippen molar-refractivity contribution in [3.05, 3.63) is 11.5 Å². The molecule has 1 aromatic rings. The maximum Gasteiger partial charge on any atom is 0.145 e. The number of imidazole rings is 1. The number of fused-ring (bicyclic) bond motifs is 1. The summed E-state index contributed by atoms with van der Waals surface area (Å²) < 4.78 is 2.30. The number of aromatic nitrogens is 2. The zero-order valence-corrected chi connectivity index (χ0v) is 8.38. The number of aryl methyl sites for hydroxylation is 1. The smallest absolute Gasteiger partial charge is 0.145 e. The van der Waals surface area contributed by atoms with Crippen molar-refractivity contribution in [2.45, 2.75) is 39.7 Å². The zero-order chi connectivity index (χ0) is 9.42. The van der Waals surface area contributed by atoms with Crippen molar-refractivity contribution in [1.82, 2.24) is 9.55 Å². The van der Waals surface area contributed by atoms with Gasteiger partial charge in [-0.1, -0.05) is 13.8 Å². The molecule has 2 heterocycles. The third-order valence-corrected chi connectivity index (χ3v) is 2.89. The van der Waals surface area contributed by atoms with Crippen molar-refractivity contribution in [3.63, 3.8) is 0 Å². The summed E-state index contributed by atoms with van der Waals surface area (Å²) in [5.41, 5.74) is 7.13. The van der Waals surface area contributed by atoms with E-state index in [0.717, 1.165) is 36.9 Å². The van der Waals surface area contributed by atoms with Crippen LogP contribution in [0.4, 0.5) is 5.82 Å². The largest absolute Gasteiger partial charge is 0.382 e. The summed E-state index contributed by atoms with van der Waals surface area (Å²) >= 11 is 0. The molecule has 3 nitrogen and oxygen atoms in total. The Hall–Kier alpha value is -0.990. The van der Waals surface area contributed by atoms with Gasteiger partial charge in [0.15, 0.2) is 0 Å². The molecule has 0 amide bonds. The van der Waals surface area contributed by atoms with Gasteiger partial charge in [-0.25, -0.2) is 4.98 Å². The molecule has 1 aliphatic heterocycles. The van der Waals surface area contributed by atoms with Gasteiger partial charge in [0.05, 0.1) is 5.69 Å². The van der Waals surface area contributed by atoms with E-state index in [4.69, 9.17) is 5.73 Å². The third kappa shape index (κ3) is 1.32. The Morgan fingerprint density at radius 3 is 3.08 bits per heavy atom. The Morgan fingerprint density at radius 2 is 2.38 bits per heavy atom. The van der Waals surface area contributed by atoms with Crippen molar-refractivity contribution in [1.29, 1.82) is 0 Å². The Kier molecular flexibility index (Phi) is 2.02. The van der Waals surface area contributed by atoms with E-state index in [2.05, 4.69) is 23.4 Å². The van der Waals surface area contributed by atoms with E-state index in [1.54, 1.807) is 0 Å². The molecule has 13 heavy (non-hydrogen) atoms. The van der Waals surface area contributed by atoms with E-state index in [1.165, 1.54) is 12.1 Å². The molecule has 3 heteroatoms. The number of rotatable bonds is 1. The van der Waals surface area contributed by atoms with Gasteiger partial charge in [-0.15, -0.1) is 0 Å². The molecule has 0 aromatic carbocycles. The van der Waals surface area contributed by atoms with Crippen LogP contribution in [0.15, 0.2) is 0 Å². The van der Waals surface area contributed by atoms with E-state index < -0.39 is 0 Å². The van der Waals surface area contributed by atoms with Crippen LogP contribution in [0.5, 0.6) is 0 Å². The number of nitrogens with two attached hydrogens (primary N) is 1. The molecule has 0 radical (unpaired) electrons. The molecule has 1 aromatic heterocycles. The summed E-state index contributed by atoms with van der Waals surface area (Å²) in [4.78, 5) is 4.39. The van der Waals surface area contributed by atoms with Crippen LogP contribution in [0.25, 0.3) is 0 Å². The van der Waals surface area contributed by atoms with Crippen LogP contribution in [0, 0.1) is 5.92 Å². The lowest BCUT2D eigenvalue weighted by Crippen LogP contribution is -2.18. The van der Waals surface area contributed by atoms with Gasteiger partial charge < -0.3 is 10.3 Å². The number of nitrogen functional groups attached to an aromatic ring is 1. The van der Waals surface area contributed by atoms with Crippen molar-refractivity contribution in [2.75, 3.05) is 5.73 Å². The lowest BCUT2D eigenvalue weighted by molar-refractivity contribution is 0.410. The average molecular weight is 179 g/mol. The first-order valence-corrected chi connectivity index (χ1v) is 5.06. The summed E-state index contributed by atoms with van der Waals surface area (Å²) in [6.45, 7) is 5.51. The normalized spacial score (nSPS) is 21.5. The summed E-state index contributed by atoms with van der Waals surface area (Å²) in [5, 5.41) is 0. The van der Waals surface area contributed by atoms with E-state index in [9.17, 15) is 0 Å². The van der Waals surface area contributed by atoms with Crippen LogP contribution in [0.1, 0.15) is 31.8 Å². The second-order valence-corrected chi connectivity index (χ2v) is 3.96. The van der Waals surface area contributed by atoms with E-state index in [1.807, 2.05) is 0 Å². The topological polar surface area (TPSA) is 43.8 Å². The van der Waals surface area contributed by atoms with Crippen LogP contribution >= 0.6 is 0 Å². The Morgan fingerprint density at radius 1 is 1.62 bits per heavy atom. The highest BCUT2D eigenvalue weighted by Crippen LogP contribution is 2.25. The predicted molar refractivity (Wildman–Crippen MR) is 53.5 cm³/mol. The summed E-state index contributed by atoms with van der Waals surface area (Å²) in [6.07, 6.45) is 3.34. The Balaban J connectivity index is 2.42. The first-order valence-electron chi connectivity index (χ1n) is 5.06. The molecule has 0 fully saturated rings. The molecular formula is C10H17N3. The highest BCUT2D eigenvalue weighted by atomic mass is 15.1. The molecule has 0 spiro atoms. The van der Waals surface area contributed by atoms with Gasteiger partial charge in [-0.3, -0.25) is 0 Å². The molecule has 0 saturated carbocycles. The Bertz CT molecular complexity index is 314. The van der Waals surface area contributed by atoms with Gasteiger partial charge in [0.2, 0.25) is 0 Å². The second-order valence-electron chi connectivity index (χ2n) is 3.96. The summed E-state index contributed by atoms with van der Waals surface area (Å²) in [6, 6.07) is 0. The van der Waals surface area contributed by atoms with E-state index in [0.29, 0.717) is 0 Å². The zero-order valence-electron chi connectivity index (χ0n) is 8.38. The van der Waals surface area contributed by atoms with Gasteiger partial charge in [0.1, 0.15) is 11.6 Å². The van der Waals surface area contributed by atoms with Crippen molar-refractivity contribution >= 4 is 5.82 Å².